The Kier molecular flexibility index (Phi) is 8.27. The Balaban J connectivity index is 1.17. The molecule has 0 aliphatic carbocycles. The fourth-order valence-electron chi connectivity index (χ4n) is 9.36. The number of amides is 5. The van der Waals surface area contributed by atoms with Gasteiger partial charge in [-0.1, -0.05) is 72.8 Å². The molecule has 0 radical (unpaired) electrons. The van der Waals surface area contributed by atoms with E-state index in [9.17, 15) is 24.0 Å². The molecule has 6 atom stereocenters. The molecule has 5 saturated heterocycles. The van der Waals surface area contributed by atoms with Crippen molar-refractivity contribution in [3.05, 3.63) is 83.9 Å². The lowest BCUT2D eigenvalue weighted by molar-refractivity contribution is -0.168. The van der Waals surface area contributed by atoms with Crippen LogP contribution in [0.15, 0.2) is 72.8 Å². The first kappa shape index (κ1) is 35.3. The predicted molar refractivity (Wildman–Crippen MR) is 191 cm³/mol. The molecule has 1 N–H and O–H groups in total. The first-order chi connectivity index (χ1) is 25.8. The Hall–Kier alpha value is -5.79. The van der Waals surface area contributed by atoms with Crippen LogP contribution in [0.2, 0.25) is 0 Å². The van der Waals surface area contributed by atoms with Gasteiger partial charge >= 0.3 is 12.1 Å². The minimum absolute atomic E-state index is 0.0210. The molecule has 14 heteroatoms. The summed E-state index contributed by atoms with van der Waals surface area (Å²) in [6, 6.07) is 19.3. The van der Waals surface area contributed by atoms with Crippen molar-refractivity contribution in [2.75, 3.05) is 26.7 Å². The Labute approximate surface area is 311 Å². The lowest BCUT2D eigenvalue weighted by Gasteiger charge is -2.48. The van der Waals surface area contributed by atoms with Crippen LogP contribution in [-0.4, -0.2) is 117 Å². The molecule has 0 aromatic heterocycles. The number of hydrogen-bond acceptors (Lipinski definition) is 9. The van der Waals surface area contributed by atoms with Crippen LogP contribution >= 0.6 is 0 Å². The molecule has 0 bridgehead atoms. The van der Waals surface area contributed by atoms with Crippen molar-refractivity contribution in [1.29, 1.82) is 0 Å². The zero-order valence-corrected chi connectivity index (χ0v) is 30.3. The molecular weight excluding hydrogens is 694 g/mol. The van der Waals surface area contributed by atoms with E-state index >= 15 is 9.59 Å². The number of likely N-dealkylation sites (tertiary alicyclic amines) is 1. The van der Waals surface area contributed by atoms with E-state index in [0.29, 0.717) is 0 Å². The Morgan fingerprint density at radius 1 is 0.815 bits per heavy atom. The van der Waals surface area contributed by atoms with E-state index in [-0.39, 0.29) is 57.8 Å². The van der Waals surface area contributed by atoms with Gasteiger partial charge in [-0.05, 0) is 42.2 Å². The molecule has 54 heavy (non-hydrogen) atoms. The Morgan fingerprint density at radius 2 is 1.52 bits per heavy atom. The van der Waals surface area contributed by atoms with Crippen molar-refractivity contribution in [3.8, 4) is 0 Å². The molecule has 5 heterocycles. The summed E-state index contributed by atoms with van der Waals surface area (Å²) in [5, 5.41) is 4.66. The number of piperazine rings is 2. The van der Waals surface area contributed by atoms with Crippen LogP contribution in [0.1, 0.15) is 44.2 Å². The van der Waals surface area contributed by atoms with E-state index in [0.717, 1.165) is 21.9 Å². The molecule has 8 rings (SSSR count). The number of carbonyl (C=O) groups excluding carboxylic acids is 7. The van der Waals surface area contributed by atoms with Crippen molar-refractivity contribution in [3.63, 3.8) is 0 Å². The molecule has 5 aliphatic heterocycles. The van der Waals surface area contributed by atoms with Gasteiger partial charge in [0.25, 0.3) is 11.8 Å². The normalized spacial score (nSPS) is 30.2. The molecule has 14 nitrogen and oxygen atoms in total. The van der Waals surface area contributed by atoms with Crippen LogP contribution in [0.3, 0.4) is 0 Å². The summed E-state index contributed by atoms with van der Waals surface area (Å²) in [7, 11) is 1.25. The molecule has 3 aromatic rings. The van der Waals surface area contributed by atoms with Gasteiger partial charge in [0.15, 0.2) is 5.78 Å². The molecule has 5 aliphatic rings. The number of nitrogens with zero attached hydrogens (tertiary/aromatic N) is 4. The van der Waals surface area contributed by atoms with Gasteiger partial charge in [0, 0.05) is 25.9 Å². The maximum absolute atomic E-state index is 15.2. The Morgan fingerprint density at radius 3 is 2.26 bits per heavy atom. The fourth-order valence-corrected chi connectivity index (χ4v) is 9.36. The number of benzene rings is 3. The van der Waals surface area contributed by atoms with Gasteiger partial charge in [0.1, 0.15) is 29.8 Å². The van der Waals surface area contributed by atoms with Crippen LogP contribution in [0.25, 0.3) is 10.8 Å². The maximum Gasteiger partial charge on any atom is 0.410 e. The first-order valence-electron chi connectivity index (χ1n) is 18.1. The zero-order valence-electron chi connectivity index (χ0n) is 30.3. The third-order valence-corrected chi connectivity index (χ3v) is 12.1. The lowest BCUT2D eigenvalue weighted by atomic mass is 9.85. The highest BCUT2D eigenvalue weighted by atomic mass is 16.6. The van der Waals surface area contributed by atoms with Crippen LogP contribution in [0, 0.1) is 5.41 Å². The van der Waals surface area contributed by atoms with Gasteiger partial charge in [0.2, 0.25) is 11.8 Å². The van der Waals surface area contributed by atoms with Gasteiger partial charge in [-0.3, -0.25) is 33.7 Å². The summed E-state index contributed by atoms with van der Waals surface area (Å²) in [6.45, 7) is 2.23. The van der Waals surface area contributed by atoms with Gasteiger partial charge < -0.3 is 29.5 Å². The van der Waals surface area contributed by atoms with Crippen LogP contribution < -0.4 is 5.32 Å². The summed E-state index contributed by atoms with van der Waals surface area (Å²) in [4.78, 5) is 103. The molecule has 2 spiro atoms. The monoisotopic (exact) mass is 735 g/mol. The van der Waals surface area contributed by atoms with Crippen LogP contribution in [-0.2, 0) is 51.4 Å². The number of nitrogens with one attached hydrogen (secondary N) is 1. The highest BCUT2D eigenvalue weighted by Crippen LogP contribution is 2.47. The number of fused-ring (bicyclic) bond motifs is 3. The molecule has 5 amide bonds. The number of esters is 1. The van der Waals surface area contributed by atoms with E-state index in [1.807, 2.05) is 60.7 Å². The predicted octanol–water partition coefficient (Wildman–Crippen LogP) is 2.17. The van der Waals surface area contributed by atoms with Crippen molar-refractivity contribution < 1.29 is 43.0 Å². The number of ketones is 1. The maximum atomic E-state index is 15.2. The second-order valence-electron chi connectivity index (χ2n) is 15.5. The van der Waals surface area contributed by atoms with Crippen molar-refractivity contribution in [1.82, 2.24) is 24.9 Å². The van der Waals surface area contributed by atoms with E-state index in [1.165, 1.54) is 33.6 Å². The average molecular weight is 736 g/mol. The van der Waals surface area contributed by atoms with Gasteiger partial charge in [-0.2, -0.15) is 0 Å². The summed E-state index contributed by atoms with van der Waals surface area (Å²) in [6.07, 6.45) is -1.09. The number of Topliss-reactive ketones (excluding diaryl/α,β-unsaturated/α-hetero) is 1. The van der Waals surface area contributed by atoms with Gasteiger partial charge in [-0.25, -0.2) is 4.79 Å². The minimum Gasteiger partial charge on any atom is -0.469 e. The van der Waals surface area contributed by atoms with E-state index in [1.54, 1.807) is 19.1 Å². The number of carbonyl (C=O) groups is 7. The zero-order chi connectivity index (χ0) is 38.2. The second kappa shape index (κ2) is 12.7. The quantitative estimate of drug-likeness (QED) is 0.374. The molecular formula is C40H41N5O9. The standard InChI is InChI=1S/C40H41N5O9/c1-24(46)29-18-40(23-44(29)37(52)54-20-25-10-5-4-6-11-25)35(50)43-22-39(34(49)42-21-38(2,36(51)53-3)16-30(42)32(47)41-39)17-31(43)33(48)45(40)19-27-14-9-13-26-12-7-8-15-28(26)27/h4-15,29-31H,16-23H2,1-3H3,(H,41,47)/t29-,30?,31-,38+,39-,40-/m0/s1. The van der Waals surface area contributed by atoms with Gasteiger partial charge in [-0.15, -0.1) is 0 Å². The SMILES string of the molecule is COC(=O)[C@]1(C)CC2C(=O)N[C@]3(C[C@H]4C(=O)N(Cc5cccc6ccccc56)[C@]5(C[C@@H](C(C)=O)N(C(=O)OCc6ccccc6)C5)C(=O)N4C3)C(=O)N2C1. The topological polar surface area (TPSA) is 163 Å². The summed E-state index contributed by atoms with van der Waals surface area (Å²) in [5.74, 6) is -2.88. The van der Waals surface area contributed by atoms with Crippen LogP contribution in [0.4, 0.5) is 4.79 Å². The largest absolute Gasteiger partial charge is 0.469 e. The van der Waals surface area contributed by atoms with E-state index in [4.69, 9.17) is 9.47 Å². The summed E-state index contributed by atoms with van der Waals surface area (Å²) >= 11 is 0. The third kappa shape index (κ3) is 5.32. The van der Waals surface area contributed by atoms with Crippen molar-refractivity contribution in [2.24, 2.45) is 5.41 Å². The minimum atomic E-state index is -1.69. The number of hydrogen-bond donors (Lipinski definition) is 1. The summed E-state index contributed by atoms with van der Waals surface area (Å²) in [5.41, 5.74) is -2.95. The third-order valence-electron chi connectivity index (χ3n) is 12.1. The molecule has 0 saturated carbocycles. The number of ether oxygens (including phenoxy) is 2. The highest BCUT2D eigenvalue weighted by molar-refractivity contribution is 6.07. The summed E-state index contributed by atoms with van der Waals surface area (Å²) < 4.78 is 10.7. The molecule has 5 fully saturated rings. The number of rotatable bonds is 6. The van der Waals surface area contributed by atoms with Crippen molar-refractivity contribution in [2.45, 2.75) is 75.5 Å². The van der Waals surface area contributed by atoms with Crippen molar-refractivity contribution >= 4 is 52.2 Å². The lowest BCUT2D eigenvalue weighted by Crippen LogP contribution is -2.71. The molecule has 1 unspecified atom stereocenters. The van der Waals surface area contributed by atoms with E-state index < -0.39 is 70.3 Å². The smallest absolute Gasteiger partial charge is 0.410 e. The Bertz CT molecular complexity index is 2120. The molecule has 3 aromatic carbocycles. The van der Waals surface area contributed by atoms with E-state index in [2.05, 4.69) is 5.32 Å². The first-order valence-corrected chi connectivity index (χ1v) is 18.1. The van der Waals surface area contributed by atoms with Gasteiger partial charge in [0.05, 0.1) is 31.7 Å². The number of methoxy groups -OCH3 is 1. The second-order valence-corrected chi connectivity index (χ2v) is 15.5. The highest BCUT2D eigenvalue weighted by Gasteiger charge is 2.69. The average Bonchev–Trinajstić information content (AvgIpc) is 3.88. The van der Waals surface area contributed by atoms with Crippen LogP contribution in [0.5, 0.6) is 0 Å². The molecule has 280 valence electrons. The fraction of sp³-hybridized carbons (Fsp3) is 0.425.